The van der Waals surface area contributed by atoms with Gasteiger partial charge in [-0.3, -0.25) is 0 Å². The van der Waals surface area contributed by atoms with Gasteiger partial charge in [0.1, 0.15) is 11.6 Å². The second-order valence-corrected chi connectivity index (χ2v) is 3.49. The van der Waals surface area contributed by atoms with Crippen molar-refractivity contribution >= 4 is 27.5 Å². The molecule has 0 amide bonds. The summed E-state index contributed by atoms with van der Waals surface area (Å²) in [6.45, 7) is 0. The van der Waals surface area contributed by atoms with Crippen LogP contribution in [-0.4, -0.2) is 11.3 Å². The molecule has 1 aromatic heterocycles. The number of pyridine rings is 1. The van der Waals surface area contributed by atoms with E-state index in [4.69, 9.17) is 16.9 Å². The monoisotopic (exact) mass is 300 g/mol. The lowest BCUT2D eigenvalue weighted by molar-refractivity contribution is -0.276. The minimum Gasteiger partial charge on any atom is -0.386 e. The van der Waals surface area contributed by atoms with Gasteiger partial charge in [0, 0.05) is 6.20 Å². The van der Waals surface area contributed by atoms with Crippen LogP contribution in [0.4, 0.5) is 13.2 Å². The minimum absolute atomic E-state index is 0.174. The molecule has 0 atom stereocenters. The van der Waals surface area contributed by atoms with Crippen LogP contribution in [0.3, 0.4) is 0 Å². The van der Waals surface area contributed by atoms with Crippen molar-refractivity contribution in [2.24, 2.45) is 0 Å². The first kappa shape index (κ1) is 12.1. The second-order valence-electron chi connectivity index (χ2n) is 2.26. The quantitative estimate of drug-likeness (QED) is 0.800. The molecule has 0 fully saturated rings. The molecule has 0 aliphatic rings. The number of nitriles is 1. The van der Waals surface area contributed by atoms with Gasteiger partial charge in [0.05, 0.1) is 9.50 Å². The summed E-state index contributed by atoms with van der Waals surface area (Å²) in [5, 5.41) is 8.40. The lowest BCUT2D eigenvalue weighted by Crippen LogP contribution is -2.18. The molecule has 0 saturated heterocycles. The van der Waals surface area contributed by atoms with Gasteiger partial charge in [0.15, 0.2) is 0 Å². The molecule has 3 nitrogen and oxygen atoms in total. The maximum absolute atomic E-state index is 11.9. The summed E-state index contributed by atoms with van der Waals surface area (Å²) < 4.78 is 39.3. The van der Waals surface area contributed by atoms with E-state index in [9.17, 15) is 13.2 Å². The molecule has 0 aliphatic carbocycles. The molecule has 8 heteroatoms. The largest absolute Gasteiger partial charge is 0.574 e. The summed E-state index contributed by atoms with van der Waals surface area (Å²) in [4.78, 5) is 3.30. The average molecular weight is 301 g/mol. The number of halogens is 5. The molecular weight excluding hydrogens is 300 g/mol. The van der Waals surface area contributed by atoms with Gasteiger partial charge < -0.3 is 4.74 Å². The van der Waals surface area contributed by atoms with Crippen LogP contribution in [-0.2, 0) is 0 Å². The van der Waals surface area contributed by atoms with Gasteiger partial charge >= 0.3 is 6.36 Å². The second kappa shape index (κ2) is 4.24. The molecule has 80 valence electrons. The zero-order valence-corrected chi connectivity index (χ0v) is 9.11. The van der Waals surface area contributed by atoms with Crippen molar-refractivity contribution in [1.82, 2.24) is 4.98 Å². The minimum atomic E-state index is -4.91. The number of hydrogen-bond donors (Lipinski definition) is 0. The van der Waals surface area contributed by atoms with Crippen molar-refractivity contribution in [2.75, 3.05) is 0 Å². The predicted octanol–water partition coefficient (Wildman–Crippen LogP) is 3.27. The third-order valence-electron chi connectivity index (χ3n) is 1.26. The molecule has 0 aromatic carbocycles. The molecule has 15 heavy (non-hydrogen) atoms. The van der Waals surface area contributed by atoms with Crippen molar-refractivity contribution in [3.63, 3.8) is 0 Å². The Morgan fingerprint density at radius 3 is 2.60 bits per heavy atom. The molecule has 1 rings (SSSR count). The molecule has 0 spiro atoms. The summed E-state index contributed by atoms with van der Waals surface area (Å²) in [5.74, 6) is -0.863. The number of ether oxygens (including phenoxy) is 1. The van der Waals surface area contributed by atoms with Gasteiger partial charge in [-0.15, -0.1) is 13.2 Å². The van der Waals surface area contributed by atoms with E-state index in [1.54, 1.807) is 0 Å². The molecule has 0 radical (unpaired) electrons. The van der Waals surface area contributed by atoms with Gasteiger partial charge in [-0.05, 0) is 15.9 Å². The Labute approximate surface area is 95.6 Å². The summed E-state index contributed by atoms with van der Waals surface area (Å²) in [6.07, 6.45) is -3.89. The van der Waals surface area contributed by atoms with Gasteiger partial charge in [0.2, 0.25) is 5.88 Å². The normalized spacial score (nSPS) is 10.9. The Hall–Kier alpha value is -1.00. The Morgan fingerprint density at radius 1 is 1.53 bits per heavy atom. The van der Waals surface area contributed by atoms with E-state index in [1.807, 2.05) is 0 Å². The number of alkyl halides is 3. The summed E-state index contributed by atoms with van der Waals surface area (Å²) in [5.41, 5.74) is -0.469. The third kappa shape index (κ3) is 2.97. The molecule has 0 saturated carbocycles. The molecule has 1 aromatic rings. The predicted molar refractivity (Wildman–Crippen MR) is 48.3 cm³/mol. The molecule has 1 heterocycles. The van der Waals surface area contributed by atoms with Crippen molar-refractivity contribution in [3.05, 3.63) is 21.3 Å². The molecule has 0 unspecified atom stereocenters. The van der Waals surface area contributed by atoms with E-state index < -0.39 is 17.8 Å². The van der Waals surface area contributed by atoms with E-state index in [-0.39, 0.29) is 9.50 Å². The van der Waals surface area contributed by atoms with E-state index in [0.717, 1.165) is 6.20 Å². The lowest BCUT2D eigenvalue weighted by Gasteiger charge is -2.09. The highest BCUT2D eigenvalue weighted by molar-refractivity contribution is 9.10. The smallest absolute Gasteiger partial charge is 0.386 e. The first-order chi connectivity index (χ1) is 6.85. The fraction of sp³-hybridized carbons (Fsp3) is 0.143. The molecule has 0 bridgehead atoms. The van der Waals surface area contributed by atoms with Gasteiger partial charge in [-0.25, -0.2) is 4.98 Å². The number of rotatable bonds is 1. The van der Waals surface area contributed by atoms with Crippen LogP contribution in [0.25, 0.3) is 0 Å². The Kier molecular flexibility index (Phi) is 3.42. The van der Waals surface area contributed by atoms with Crippen molar-refractivity contribution in [2.45, 2.75) is 6.36 Å². The summed E-state index contributed by atoms with van der Waals surface area (Å²) >= 11 is 8.49. The first-order valence-electron chi connectivity index (χ1n) is 3.35. The molecule has 0 N–H and O–H groups in total. The van der Waals surface area contributed by atoms with Gasteiger partial charge in [-0.1, -0.05) is 11.6 Å². The summed E-state index contributed by atoms with van der Waals surface area (Å²) in [7, 11) is 0. The van der Waals surface area contributed by atoms with Gasteiger partial charge in [-0.2, -0.15) is 5.26 Å². The number of aromatic nitrogens is 1. The van der Waals surface area contributed by atoms with E-state index in [2.05, 4.69) is 25.7 Å². The van der Waals surface area contributed by atoms with Crippen LogP contribution in [0.15, 0.2) is 10.7 Å². The fourth-order valence-corrected chi connectivity index (χ4v) is 1.21. The van der Waals surface area contributed by atoms with Crippen molar-refractivity contribution < 1.29 is 17.9 Å². The summed E-state index contributed by atoms with van der Waals surface area (Å²) in [6, 6.07) is 1.48. The van der Waals surface area contributed by atoms with E-state index >= 15 is 0 Å². The lowest BCUT2D eigenvalue weighted by atomic mass is 10.3. The zero-order valence-electron chi connectivity index (χ0n) is 6.77. The van der Waals surface area contributed by atoms with Crippen LogP contribution >= 0.6 is 27.5 Å². The van der Waals surface area contributed by atoms with Gasteiger partial charge in [0.25, 0.3) is 0 Å². The molecular formula is C7HBrClF3N2O. The van der Waals surface area contributed by atoms with E-state index in [1.165, 1.54) is 6.07 Å². The van der Waals surface area contributed by atoms with Crippen molar-refractivity contribution in [3.8, 4) is 11.9 Å². The van der Waals surface area contributed by atoms with E-state index in [0.29, 0.717) is 0 Å². The molecule has 0 aliphatic heterocycles. The maximum Gasteiger partial charge on any atom is 0.574 e. The standard InChI is InChI=1S/C7HBrClF3N2O/c8-4-2-14-6(15-7(10,11)12)3(1-13)5(4)9/h2H. The van der Waals surface area contributed by atoms with Crippen LogP contribution in [0.5, 0.6) is 5.88 Å². The zero-order chi connectivity index (χ0) is 11.6. The highest BCUT2D eigenvalue weighted by Gasteiger charge is 2.33. The Bertz CT molecular complexity index is 429. The first-order valence-corrected chi connectivity index (χ1v) is 4.52. The van der Waals surface area contributed by atoms with Crippen LogP contribution in [0.1, 0.15) is 5.56 Å². The Morgan fingerprint density at radius 2 is 2.13 bits per heavy atom. The van der Waals surface area contributed by atoms with Crippen LogP contribution < -0.4 is 4.74 Å². The number of nitrogens with zero attached hydrogens (tertiary/aromatic N) is 2. The maximum atomic E-state index is 11.9. The topological polar surface area (TPSA) is 45.9 Å². The number of hydrogen-bond acceptors (Lipinski definition) is 3. The highest BCUT2D eigenvalue weighted by Crippen LogP contribution is 2.32. The average Bonchev–Trinajstić information content (AvgIpc) is 2.10. The SMILES string of the molecule is N#Cc1c(OC(F)(F)F)ncc(Br)c1Cl. The van der Waals surface area contributed by atoms with Crippen molar-refractivity contribution in [1.29, 1.82) is 5.26 Å². The van der Waals surface area contributed by atoms with Crippen LogP contribution in [0.2, 0.25) is 5.02 Å². The van der Waals surface area contributed by atoms with Crippen LogP contribution in [0, 0.1) is 11.3 Å². The Balaban J connectivity index is 3.21. The highest BCUT2D eigenvalue weighted by atomic mass is 79.9. The fourth-order valence-electron chi connectivity index (χ4n) is 0.734. The third-order valence-corrected chi connectivity index (χ3v) is 2.48.